The summed E-state index contributed by atoms with van der Waals surface area (Å²) >= 11 is 0. The Labute approximate surface area is 163 Å². The number of likely N-dealkylation sites (tertiary alicyclic amines) is 1. The van der Waals surface area contributed by atoms with Crippen LogP contribution in [0.15, 0.2) is 18.2 Å². The van der Waals surface area contributed by atoms with Crippen LogP contribution in [-0.4, -0.2) is 84.7 Å². The second kappa shape index (κ2) is 9.18. The van der Waals surface area contributed by atoms with Crippen molar-refractivity contribution < 1.29 is 9.90 Å². The number of carbonyl (C=O) groups is 1. The fraction of sp³-hybridized carbons (Fsp3) is 0.682. The maximum atomic E-state index is 13.2. The Morgan fingerprint density at radius 1 is 1.15 bits per heavy atom. The first-order chi connectivity index (χ1) is 13.0. The number of hydrogen-bond acceptors (Lipinski definition) is 4. The Morgan fingerprint density at radius 2 is 1.89 bits per heavy atom. The zero-order valence-corrected chi connectivity index (χ0v) is 17.2. The smallest absolute Gasteiger partial charge is 0.254 e. The summed E-state index contributed by atoms with van der Waals surface area (Å²) < 4.78 is 0. The van der Waals surface area contributed by atoms with Crippen LogP contribution in [-0.2, 0) is 0 Å². The first-order valence-electron chi connectivity index (χ1n) is 10.4. The number of aliphatic hydroxyl groups is 1. The third-order valence-electron chi connectivity index (χ3n) is 6.34. The van der Waals surface area contributed by atoms with Crippen LogP contribution in [0.25, 0.3) is 0 Å². The van der Waals surface area contributed by atoms with Crippen LogP contribution >= 0.6 is 0 Å². The molecule has 0 aliphatic carbocycles. The SMILES string of the molecule is Cc1ccc(C)c(C(=O)N2CC[C@@H](N3CCN(C)CC3)[C@@H](CCCO)C2)c1. The molecular weight excluding hydrogens is 338 g/mol. The van der Waals surface area contributed by atoms with Crippen LogP contribution in [0.5, 0.6) is 0 Å². The van der Waals surface area contributed by atoms with E-state index in [1.165, 1.54) is 0 Å². The molecular formula is C22H35N3O2. The first-order valence-corrected chi connectivity index (χ1v) is 10.4. The molecule has 2 fully saturated rings. The Hall–Kier alpha value is -1.43. The standard InChI is InChI=1S/C22H35N3O2/c1-17-6-7-18(2)20(15-17)22(27)25-9-8-21(19(16-25)5-4-14-26)24-12-10-23(3)11-13-24/h6-7,15,19,21,26H,4-5,8-14,16H2,1-3H3/t19-,21+/m0/s1. The van der Waals surface area contributed by atoms with E-state index in [2.05, 4.69) is 27.8 Å². The summed E-state index contributed by atoms with van der Waals surface area (Å²) in [6.07, 6.45) is 2.85. The number of piperidine rings is 1. The summed E-state index contributed by atoms with van der Waals surface area (Å²) in [6.45, 7) is 10.4. The second-order valence-electron chi connectivity index (χ2n) is 8.39. The number of aryl methyl sites for hydroxylation is 2. The average molecular weight is 374 g/mol. The molecule has 2 heterocycles. The van der Waals surface area contributed by atoms with Gasteiger partial charge in [0.25, 0.3) is 5.91 Å². The fourth-order valence-electron chi connectivity index (χ4n) is 4.61. The minimum absolute atomic E-state index is 0.169. The maximum absolute atomic E-state index is 13.2. The first kappa shape index (κ1) is 20.3. The summed E-state index contributed by atoms with van der Waals surface area (Å²) in [4.78, 5) is 20.2. The van der Waals surface area contributed by atoms with Crippen molar-refractivity contribution in [2.75, 3.05) is 52.9 Å². The molecule has 2 aliphatic rings. The highest BCUT2D eigenvalue weighted by Crippen LogP contribution is 2.28. The summed E-state index contributed by atoms with van der Waals surface area (Å²) in [5.41, 5.74) is 3.03. The summed E-state index contributed by atoms with van der Waals surface area (Å²) in [5, 5.41) is 9.35. The van der Waals surface area contributed by atoms with Gasteiger partial charge in [-0.05, 0) is 57.7 Å². The Kier molecular flexibility index (Phi) is 6.90. The highest BCUT2D eigenvalue weighted by molar-refractivity contribution is 5.95. The highest BCUT2D eigenvalue weighted by atomic mass is 16.3. The van der Waals surface area contributed by atoms with E-state index in [0.717, 1.165) is 75.2 Å². The zero-order chi connectivity index (χ0) is 19.4. The number of aliphatic hydroxyl groups excluding tert-OH is 1. The van der Waals surface area contributed by atoms with Gasteiger partial charge in [-0.3, -0.25) is 9.69 Å². The van der Waals surface area contributed by atoms with E-state index < -0.39 is 0 Å². The third-order valence-corrected chi connectivity index (χ3v) is 6.34. The Balaban J connectivity index is 1.71. The van der Waals surface area contributed by atoms with Crippen molar-refractivity contribution in [3.05, 3.63) is 34.9 Å². The molecule has 3 rings (SSSR count). The normalized spacial score (nSPS) is 25.0. The van der Waals surface area contributed by atoms with E-state index in [1.807, 2.05) is 26.0 Å². The predicted octanol–water partition coefficient (Wildman–Crippen LogP) is 2.15. The molecule has 0 radical (unpaired) electrons. The van der Waals surface area contributed by atoms with Gasteiger partial charge < -0.3 is 14.9 Å². The number of piperazine rings is 1. The monoisotopic (exact) mass is 373 g/mol. The molecule has 0 unspecified atom stereocenters. The molecule has 2 saturated heterocycles. The Morgan fingerprint density at radius 3 is 2.59 bits per heavy atom. The van der Waals surface area contributed by atoms with Gasteiger partial charge in [-0.25, -0.2) is 0 Å². The average Bonchev–Trinajstić information content (AvgIpc) is 2.68. The summed E-state index contributed by atoms with van der Waals surface area (Å²) in [6, 6.07) is 6.67. The maximum Gasteiger partial charge on any atom is 0.254 e. The number of benzene rings is 1. The molecule has 150 valence electrons. The lowest BCUT2D eigenvalue weighted by Gasteiger charge is -2.46. The Bertz CT molecular complexity index is 640. The van der Waals surface area contributed by atoms with Crippen LogP contribution in [0.3, 0.4) is 0 Å². The van der Waals surface area contributed by atoms with E-state index in [4.69, 9.17) is 0 Å². The topological polar surface area (TPSA) is 47.0 Å². The van der Waals surface area contributed by atoms with Crippen molar-refractivity contribution in [1.29, 1.82) is 0 Å². The van der Waals surface area contributed by atoms with E-state index >= 15 is 0 Å². The number of amides is 1. The molecule has 0 saturated carbocycles. The molecule has 5 heteroatoms. The summed E-state index contributed by atoms with van der Waals surface area (Å²) in [7, 11) is 2.19. The van der Waals surface area contributed by atoms with Crippen molar-refractivity contribution in [2.24, 2.45) is 5.92 Å². The van der Waals surface area contributed by atoms with Gasteiger partial charge in [0.15, 0.2) is 0 Å². The van der Waals surface area contributed by atoms with Crippen molar-refractivity contribution >= 4 is 5.91 Å². The molecule has 27 heavy (non-hydrogen) atoms. The number of hydrogen-bond donors (Lipinski definition) is 1. The van der Waals surface area contributed by atoms with Crippen LogP contribution in [0.2, 0.25) is 0 Å². The molecule has 0 bridgehead atoms. The van der Waals surface area contributed by atoms with Crippen LogP contribution < -0.4 is 0 Å². The van der Waals surface area contributed by atoms with Gasteiger partial charge in [0.1, 0.15) is 0 Å². The van der Waals surface area contributed by atoms with Crippen LogP contribution in [0.1, 0.15) is 40.7 Å². The van der Waals surface area contributed by atoms with Crippen molar-refractivity contribution in [3.63, 3.8) is 0 Å². The lowest BCUT2D eigenvalue weighted by atomic mass is 9.86. The van der Waals surface area contributed by atoms with Gasteiger partial charge in [0.2, 0.25) is 0 Å². The molecule has 1 N–H and O–H groups in total. The molecule has 0 aromatic heterocycles. The molecule has 1 aromatic rings. The van der Waals surface area contributed by atoms with E-state index in [9.17, 15) is 9.90 Å². The second-order valence-corrected chi connectivity index (χ2v) is 8.39. The molecule has 2 atom stereocenters. The van der Waals surface area contributed by atoms with Gasteiger partial charge in [0, 0.05) is 57.5 Å². The number of rotatable bonds is 5. The minimum atomic E-state index is 0.169. The molecule has 1 aromatic carbocycles. The van der Waals surface area contributed by atoms with Gasteiger partial charge >= 0.3 is 0 Å². The van der Waals surface area contributed by atoms with Gasteiger partial charge in [-0.1, -0.05) is 17.7 Å². The van der Waals surface area contributed by atoms with Crippen LogP contribution in [0.4, 0.5) is 0 Å². The number of nitrogens with zero attached hydrogens (tertiary/aromatic N) is 3. The molecule has 1 amide bonds. The minimum Gasteiger partial charge on any atom is -0.396 e. The molecule has 0 spiro atoms. The van der Waals surface area contributed by atoms with Crippen LogP contribution in [0, 0.1) is 19.8 Å². The quantitative estimate of drug-likeness (QED) is 0.859. The highest BCUT2D eigenvalue weighted by Gasteiger charge is 2.35. The van der Waals surface area contributed by atoms with Crippen molar-refractivity contribution in [2.45, 2.75) is 39.2 Å². The van der Waals surface area contributed by atoms with E-state index in [-0.39, 0.29) is 12.5 Å². The lowest BCUT2D eigenvalue weighted by molar-refractivity contribution is 0.0217. The zero-order valence-electron chi connectivity index (χ0n) is 17.2. The number of likely N-dealkylation sites (N-methyl/N-ethyl adjacent to an activating group) is 1. The predicted molar refractivity (Wildman–Crippen MR) is 109 cm³/mol. The van der Waals surface area contributed by atoms with Gasteiger partial charge in [0.05, 0.1) is 0 Å². The summed E-state index contributed by atoms with van der Waals surface area (Å²) in [5.74, 6) is 0.616. The number of carbonyl (C=O) groups excluding carboxylic acids is 1. The van der Waals surface area contributed by atoms with Crippen molar-refractivity contribution in [1.82, 2.24) is 14.7 Å². The third kappa shape index (κ3) is 4.89. The van der Waals surface area contributed by atoms with E-state index in [0.29, 0.717) is 12.0 Å². The van der Waals surface area contributed by atoms with Gasteiger partial charge in [-0.2, -0.15) is 0 Å². The van der Waals surface area contributed by atoms with E-state index in [1.54, 1.807) is 0 Å². The largest absolute Gasteiger partial charge is 0.396 e. The fourth-order valence-corrected chi connectivity index (χ4v) is 4.61. The van der Waals surface area contributed by atoms with Crippen molar-refractivity contribution in [3.8, 4) is 0 Å². The molecule has 2 aliphatic heterocycles. The molecule has 5 nitrogen and oxygen atoms in total. The lowest BCUT2D eigenvalue weighted by Crippen LogP contribution is -2.57. The van der Waals surface area contributed by atoms with Gasteiger partial charge in [-0.15, -0.1) is 0 Å².